The Bertz CT molecular complexity index is 758. The summed E-state index contributed by atoms with van der Waals surface area (Å²) in [6.45, 7) is 10.4. The molecule has 114 valence electrons. The van der Waals surface area contributed by atoms with Crippen LogP contribution < -0.4 is 4.74 Å². The Morgan fingerprint density at radius 2 is 1.68 bits per heavy atom. The summed E-state index contributed by atoms with van der Waals surface area (Å²) < 4.78 is 5.68. The first-order chi connectivity index (χ1) is 10.4. The lowest BCUT2D eigenvalue weighted by Crippen LogP contribution is -2.32. The highest BCUT2D eigenvalue weighted by Gasteiger charge is 2.48. The van der Waals surface area contributed by atoms with E-state index in [1.165, 1.54) is 5.56 Å². The highest BCUT2D eigenvalue weighted by molar-refractivity contribution is 5.95. The van der Waals surface area contributed by atoms with Crippen LogP contribution in [0.25, 0.3) is 0 Å². The molecule has 0 radical (unpaired) electrons. The normalized spacial score (nSPS) is 20.2. The zero-order chi connectivity index (χ0) is 16.1. The van der Waals surface area contributed by atoms with E-state index in [4.69, 9.17) is 4.74 Å². The number of carbonyl (C=O) groups is 1. The molecule has 0 amide bonds. The van der Waals surface area contributed by atoms with Gasteiger partial charge in [0.25, 0.3) is 0 Å². The Hall–Kier alpha value is -2.09. The minimum atomic E-state index is -0.728. The quantitative estimate of drug-likeness (QED) is 0.595. The fourth-order valence-corrected chi connectivity index (χ4v) is 3.33. The zero-order valence-corrected chi connectivity index (χ0v) is 13.9. The first-order valence-electron chi connectivity index (χ1n) is 7.79. The van der Waals surface area contributed by atoms with Crippen molar-refractivity contribution in [1.82, 2.24) is 0 Å². The number of hydrogen-bond donors (Lipinski definition) is 0. The van der Waals surface area contributed by atoms with Crippen LogP contribution in [0.15, 0.2) is 36.4 Å². The van der Waals surface area contributed by atoms with E-state index in [1.54, 1.807) is 0 Å². The maximum atomic E-state index is 12.8. The average Bonchev–Trinajstić information content (AvgIpc) is 2.76. The SMILES string of the molecule is Cc1ccc2c(c1C)OC(=O)C2(C)c1ccccc1C(C)C. The van der Waals surface area contributed by atoms with Crippen LogP contribution in [0.5, 0.6) is 5.75 Å². The topological polar surface area (TPSA) is 26.3 Å². The molecule has 0 N–H and O–H groups in total. The summed E-state index contributed by atoms with van der Waals surface area (Å²) in [4.78, 5) is 12.8. The van der Waals surface area contributed by atoms with E-state index in [9.17, 15) is 4.79 Å². The lowest BCUT2D eigenvalue weighted by Gasteiger charge is -2.26. The second-order valence-corrected chi connectivity index (χ2v) is 6.64. The molecule has 0 spiro atoms. The van der Waals surface area contributed by atoms with E-state index in [0.29, 0.717) is 5.92 Å². The number of ether oxygens (including phenoxy) is 1. The predicted molar refractivity (Wildman–Crippen MR) is 88.5 cm³/mol. The minimum Gasteiger partial charge on any atom is -0.425 e. The Labute approximate surface area is 132 Å². The Kier molecular flexibility index (Phi) is 3.36. The first-order valence-corrected chi connectivity index (χ1v) is 7.79. The van der Waals surface area contributed by atoms with E-state index in [0.717, 1.165) is 28.0 Å². The number of esters is 1. The van der Waals surface area contributed by atoms with E-state index < -0.39 is 5.41 Å². The molecule has 0 saturated carbocycles. The number of fused-ring (bicyclic) bond motifs is 1. The molecule has 2 nitrogen and oxygen atoms in total. The second kappa shape index (κ2) is 4.98. The molecule has 0 fully saturated rings. The van der Waals surface area contributed by atoms with Crippen LogP contribution in [0, 0.1) is 13.8 Å². The van der Waals surface area contributed by atoms with Crippen molar-refractivity contribution in [3.63, 3.8) is 0 Å². The number of rotatable bonds is 2. The first kappa shape index (κ1) is 14.8. The molecule has 1 aliphatic heterocycles. The van der Waals surface area contributed by atoms with Crippen molar-refractivity contribution < 1.29 is 9.53 Å². The van der Waals surface area contributed by atoms with Crippen LogP contribution >= 0.6 is 0 Å². The van der Waals surface area contributed by atoms with Crippen molar-refractivity contribution in [1.29, 1.82) is 0 Å². The molecule has 0 aromatic heterocycles. The highest BCUT2D eigenvalue weighted by Crippen LogP contribution is 2.48. The highest BCUT2D eigenvalue weighted by atomic mass is 16.5. The van der Waals surface area contributed by atoms with Gasteiger partial charge >= 0.3 is 5.97 Å². The van der Waals surface area contributed by atoms with Crippen LogP contribution in [0.2, 0.25) is 0 Å². The van der Waals surface area contributed by atoms with Crippen molar-refractivity contribution >= 4 is 5.97 Å². The maximum Gasteiger partial charge on any atom is 0.326 e. The van der Waals surface area contributed by atoms with Crippen molar-refractivity contribution in [3.8, 4) is 5.75 Å². The van der Waals surface area contributed by atoms with Gasteiger partial charge in [0.15, 0.2) is 0 Å². The summed E-state index contributed by atoms with van der Waals surface area (Å²) in [6, 6.07) is 12.3. The van der Waals surface area contributed by atoms with Gasteiger partial charge in [-0.1, -0.05) is 50.2 Å². The van der Waals surface area contributed by atoms with E-state index in [1.807, 2.05) is 39.0 Å². The summed E-state index contributed by atoms with van der Waals surface area (Å²) in [7, 11) is 0. The molecule has 0 bridgehead atoms. The van der Waals surface area contributed by atoms with Gasteiger partial charge in [0.1, 0.15) is 11.2 Å². The van der Waals surface area contributed by atoms with Gasteiger partial charge in [-0.2, -0.15) is 0 Å². The van der Waals surface area contributed by atoms with Gasteiger partial charge in [-0.25, -0.2) is 0 Å². The standard InChI is InChI=1S/C20H22O2/c1-12(2)15-8-6-7-9-16(15)20(5)17-11-10-13(3)14(4)18(17)22-19(20)21/h6-12H,1-5H3. The van der Waals surface area contributed by atoms with Crippen LogP contribution in [0.1, 0.15) is 54.5 Å². The van der Waals surface area contributed by atoms with E-state index in [-0.39, 0.29) is 5.97 Å². The van der Waals surface area contributed by atoms with Gasteiger partial charge in [-0.05, 0) is 48.9 Å². The van der Waals surface area contributed by atoms with Gasteiger partial charge in [-0.3, -0.25) is 4.79 Å². The predicted octanol–water partition coefficient (Wildman–Crippen LogP) is 4.65. The number of benzene rings is 2. The van der Waals surface area contributed by atoms with Crippen LogP contribution in [-0.2, 0) is 10.2 Å². The third-order valence-corrected chi connectivity index (χ3v) is 4.94. The van der Waals surface area contributed by atoms with Gasteiger partial charge in [0.05, 0.1) is 0 Å². The largest absolute Gasteiger partial charge is 0.425 e. The number of aryl methyl sites for hydroxylation is 1. The summed E-state index contributed by atoms with van der Waals surface area (Å²) in [5.74, 6) is 0.923. The Morgan fingerprint density at radius 3 is 2.36 bits per heavy atom. The minimum absolute atomic E-state index is 0.177. The number of hydrogen-bond acceptors (Lipinski definition) is 2. The molecular weight excluding hydrogens is 272 g/mol. The fourth-order valence-electron chi connectivity index (χ4n) is 3.33. The molecule has 2 aromatic carbocycles. The molecule has 3 rings (SSSR count). The molecule has 1 aliphatic rings. The molecular formula is C20H22O2. The number of carbonyl (C=O) groups excluding carboxylic acids is 1. The molecule has 22 heavy (non-hydrogen) atoms. The zero-order valence-electron chi connectivity index (χ0n) is 13.9. The summed E-state index contributed by atoms with van der Waals surface area (Å²) in [5, 5.41) is 0. The summed E-state index contributed by atoms with van der Waals surface area (Å²) >= 11 is 0. The fraction of sp³-hybridized carbons (Fsp3) is 0.350. The molecule has 2 aromatic rings. The van der Waals surface area contributed by atoms with Crippen molar-refractivity contribution in [2.45, 2.75) is 46.0 Å². The van der Waals surface area contributed by atoms with Crippen molar-refractivity contribution in [3.05, 3.63) is 64.2 Å². The maximum absolute atomic E-state index is 12.8. The lowest BCUT2D eigenvalue weighted by molar-refractivity contribution is -0.136. The third-order valence-electron chi connectivity index (χ3n) is 4.94. The summed E-state index contributed by atoms with van der Waals surface area (Å²) in [6.07, 6.45) is 0. The molecule has 1 unspecified atom stereocenters. The van der Waals surface area contributed by atoms with Gasteiger partial charge in [0.2, 0.25) is 0 Å². The Balaban J connectivity index is 2.29. The lowest BCUT2D eigenvalue weighted by atomic mass is 9.73. The van der Waals surface area contributed by atoms with Crippen LogP contribution in [0.3, 0.4) is 0 Å². The molecule has 0 aliphatic carbocycles. The average molecular weight is 294 g/mol. The molecule has 1 atom stereocenters. The van der Waals surface area contributed by atoms with E-state index >= 15 is 0 Å². The summed E-state index contributed by atoms with van der Waals surface area (Å²) in [5.41, 5.74) is 4.71. The molecule has 2 heteroatoms. The smallest absolute Gasteiger partial charge is 0.326 e. The van der Waals surface area contributed by atoms with Crippen LogP contribution in [-0.4, -0.2) is 5.97 Å². The van der Waals surface area contributed by atoms with E-state index in [2.05, 4.69) is 32.0 Å². The van der Waals surface area contributed by atoms with Crippen LogP contribution in [0.4, 0.5) is 0 Å². The monoisotopic (exact) mass is 294 g/mol. The van der Waals surface area contributed by atoms with Crippen molar-refractivity contribution in [2.24, 2.45) is 0 Å². The molecule has 1 heterocycles. The third kappa shape index (κ3) is 1.90. The molecule has 0 saturated heterocycles. The van der Waals surface area contributed by atoms with Gasteiger partial charge < -0.3 is 4.74 Å². The Morgan fingerprint density at radius 1 is 1.00 bits per heavy atom. The second-order valence-electron chi connectivity index (χ2n) is 6.64. The van der Waals surface area contributed by atoms with Gasteiger partial charge in [0, 0.05) is 5.56 Å². The van der Waals surface area contributed by atoms with Gasteiger partial charge in [-0.15, -0.1) is 0 Å². The van der Waals surface area contributed by atoms with Crippen molar-refractivity contribution in [2.75, 3.05) is 0 Å².